The van der Waals surface area contributed by atoms with Gasteiger partial charge in [0.05, 0.1) is 11.2 Å². The van der Waals surface area contributed by atoms with E-state index in [-0.39, 0.29) is 11.8 Å². The number of hydrogen-bond acceptors (Lipinski definition) is 4. The number of carboxylic acids is 1. The molecule has 1 aromatic heterocycles. The first-order valence-electron chi connectivity index (χ1n) is 5.74. The molecule has 0 aliphatic carbocycles. The minimum Gasteiger partial charge on any atom is -0.480 e. The summed E-state index contributed by atoms with van der Waals surface area (Å²) in [5, 5.41) is 9.20. The summed E-state index contributed by atoms with van der Waals surface area (Å²) in [6.45, 7) is 5.62. The maximum atomic E-state index is 12.2. The molecule has 1 aromatic rings. The Labute approximate surface area is 110 Å². The molecule has 1 atom stereocenters. The standard InChI is InChI=1S/C12H18N2O3S/c1-7(2)5-9(12(16)17)14(4)11(15)10-8(3)13-6-18-10/h6-7,9H,5H2,1-4H3,(H,16,17). The van der Waals surface area contributed by atoms with Crippen LogP contribution in [0.2, 0.25) is 0 Å². The smallest absolute Gasteiger partial charge is 0.326 e. The average molecular weight is 270 g/mol. The van der Waals surface area contributed by atoms with Gasteiger partial charge in [0, 0.05) is 7.05 Å². The molecule has 1 amide bonds. The molecule has 0 saturated heterocycles. The van der Waals surface area contributed by atoms with Crippen LogP contribution in [0, 0.1) is 12.8 Å². The van der Waals surface area contributed by atoms with Crippen LogP contribution in [0.3, 0.4) is 0 Å². The van der Waals surface area contributed by atoms with E-state index < -0.39 is 12.0 Å². The number of amides is 1. The van der Waals surface area contributed by atoms with Gasteiger partial charge in [-0.05, 0) is 19.3 Å². The number of thiazole rings is 1. The highest BCUT2D eigenvalue weighted by Crippen LogP contribution is 2.18. The van der Waals surface area contributed by atoms with Gasteiger partial charge >= 0.3 is 5.97 Å². The van der Waals surface area contributed by atoms with Gasteiger partial charge < -0.3 is 10.0 Å². The summed E-state index contributed by atoms with van der Waals surface area (Å²) in [4.78, 5) is 29.2. The van der Waals surface area contributed by atoms with Crippen LogP contribution in [0.15, 0.2) is 5.51 Å². The summed E-state index contributed by atoms with van der Waals surface area (Å²) < 4.78 is 0. The van der Waals surface area contributed by atoms with Gasteiger partial charge in [-0.2, -0.15) is 0 Å². The molecule has 0 aliphatic rings. The first-order chi connectivity index (χ1) is 8.34. The number of carbonyl (C=O) groups is 2. The molecule has 0 fully saturated rings. The maximum absolute atomic E-state index is 12.2. The minimum absolute atomic E-state index is 0.212. The van der Waals surface area contributed by atoms with E-state index in [2.05, 4.69) is 4.98 Å². The van der Waals surface area contributed by atoms with Gasteiger partial charge in [-0.25, -0.2) is 9.78 Å². The van der Waals surface area contributed by atoms with Crippen molar-refractivity contribution < 1.29 is 14.7 Å². The zero-order valence-corrected chi connectivity index (χ0v) is 11.8. The van der Waals surface area contributed by atoms with Crippen molar-refractivity contribution in [1.29, 1.82) is 0 Å². The molecule has 1 N–H and O–H groups in total. The average Bonchev–Trinajstić information content (AvgIpc) is 2.69. The number of rotatable bonds is 5. The van der Waals surface area contributed by atoms with E-state index in [1.807, 2.05) is 13.8 Å². The molecule has 1 unspecified atom stereocenters. The predicted molar refractivity (Wildman–Crippen MR) is 69.8 cm³/mol. The van der Waals surface area contributed by atoms with Crippen molar-refractivity contribution in [3.05, 3.63) is 16.1 Å². The van der Waals surface area contributed by atoms with Crippen LogP contribution in [0.1, 0.15) is 35.6 Å². The summed E-state index contributed by atoms with van der Waals surface area (Å²) in [6.07, 6.45) is 0.440. The van der Waals surface area contributed by atoms with Crippen LogP contribution in [0.4, 0.5) is 0 Å². The number of carbonyl (C=O) groups excluding carboxylic acids is 1. The van der Waals surface area contributed by atoms with Crippen molar-refractivity contribution in [3.63, 3.8) is 0 Å². The first kappa shape index (κ1) is 14.6. The largest absolute Gasteiger partial charge is 0.480 e. The van der Waals surface area contributed by atoms with E-state index >= 15 is 0 Å². The van der Waals surface area contributed by atoms with Gasteiger partial charge in [0.15, 0.2) is 0 Å². The number of aryl methyl sites for hydroxylation is 1. The van der Waals surface area contributed by atoms with Crippen molar-refractivity contribution in [2.45, 2.75) is 33.2 Å². The molecule has 0 radical (unpaired) electrons. The SMILES string of the molecule is Cc1ncsc1C(=O)N(C)C(CC(C)C)C(=O)O. The number of aliphatic carboxylic acids is 1. The third kappa shape index (κ3) is 3.29. The van der Waals surface area contributed by atoms with Crippen molar-refractivity contribution >= 4 is 23.2 Å². The maximum Gasteiger partial charge on any atom is 0.326 e. The lowest BCUT2D eigenvalue weighted by atomic mass is 10.0. The van der Waals surface area contributed by atoms with Gasteiger partial charge in [-0.15, -0.1) is 11.3 Å². The molecule has 1 heterocycles. The van der Waals surface area contributed by atoms with E-state index in [0.717, 1.165) is 0 Å². The highest BCUT2D eigenvalue weighted by atomic mass is 32.1. The zero-order valence-electron chi connectivity index (χ0n) is 11.0. The molecule has 0 saturated carbocycles. The van der Waals surface area contributed by atoms with Crippen LogP contribution in [-0.2, 0) is 4.79 Å². The topological polar surface area (TPSA) is 70.5 Å². The van der Waals surface area contributed by atoms with Crippen molar-refractivity contribution in [1.82, 2.24) is 9.88 Å². The van der Waals surface area contributed by atoms with E-state index in [0.29, 0.717) is 17.0 Å². The number of nitrogens with zero attached hydrogens (tertiary/aromatic N) is 2. The lowest BCUT2D eigenvalue weighted by Crippen LogP contribution is -2.43. The Balaban J connectivity index is 2.90. The molecular weight excluding hydrogens is 252 g/mol. The second-order valence-electron chi connectivity index (χ2n) is 4.67. The van der Waals surface area contributed by atoms with E-state index in [9.17, 15) is 14.7 Å². The quantitative estimate of drug-likeness (QED) is 0.888. The fourth-order valence-corrected chi connectivity index (χ4v) is 2.46. The van der Waals surface area contributed by atoms with E-state index in [1.54, 1.807) is 12.4 Å². The van der Waals surface area contributed by atoms with Crippen LogP contribution in [0.25, 0.3) is 0 Å². The Hall–Kier alpha value is -1.43. The number of likely N-dealkylation sites (N-methyl/N-ethyl adjacent to an activating group) is 1. The third-order valence-corrected chi connectivity index (χ3v) is 3.62. The summed E-state index contributed by atoms with van der Waals surface area (Å²) in [6, 6.07) is -0.793. The Morgan fingerprint density at radius 3 is 2.50 bits per heavy atom. The highest BCUT2D eigenvalue weighted by molar-refractivity contribution is 7.11. The molecule has 18 heavy (non-hydrogen) atoms. The van der Waals surface area contributed by atoms with Crippen LogP contribution in [-0.4, -0.2) is 40.0 Å². The summed E-state index contributed by atoms with van der Waals surface area (Å²) >= 11 is 1.24. The number of aromatic nitrogens is 1. The van der Waals surface area contributed by atoms with Crippen LogP contribution in [0.5, 0.6) is 0 Å². The molecule has 100 valence electrons. The predicted octanol–water partition coefficient (Wildman–Crippen LogP) is 2.02. The summed E-state index contributed by atoms with van der Waals surface area (Å²) in [5.41, 5.74) is 2.24. The molecule has 1 rings (SSSR count). The molecular formula is C12H18N2O3S. The number of carboxylic acid groups (broad SMARTS) is 1. The molecule has 0 bridgehead atoms. The third-order valence-electron chi connectivity index (χ3n) is 2.71. The fraction of sp³-hybridized carbons (Fsp3) is 0.583. The lowest BCUT2D eigenvalue weighted by Gasteiger charge is -2.25. The van der Waals surface area contributed by atoms with E-state index in [1.165, 1.54) is 23.3 Å². The minimum atomic E-state index is -0.971. The molecule has 0 aromatic carbocycles. The van der Waals surface area contributed by atoms with Crippen molar-refractivity contribution in [2.24, 2.45) is 5.92 Å². The van der Waals surface area contributed by atoms with Gasteiger partial charge in [0.1, 0.15) is 10.9 Å². The Kier molecular flexibility index (Phi) is 4.84. The molecule has 6 heteroatoms. The zero-order chi connectivity index (χ0) is 13.9. The van der Waals surface area contributed by atoms with Gasteiger partial charge in [0.25, 0.3) is 5.91 Å². The Morgan fingerprint density at radius 1 is 1.50 bits per heavy atom. The van der Waals surface area contributed by atoms with Crippen molar-refractivity contribution in [2.75, 3.05) is 7.05 Å². The fourth-order valence-electron chi connectivity index (χ4n) is 1.68. The highest BCUT2D eigenvalue weighted by Gasteiger charge is 2.29. The summed E-state index contributed by atoms with van der Waals surface area (Å²) in [5.74, 6) is -1.03. The van der Waals surface area contributed by atoms with Crippen LogP contribution < -0.4 is 0 Å². The van der Waals surface area contributed by atoms with Gasteiger partial charge in [-0.1, -0.05) is 13.8 Å². The first-order valence-corrected chi connectivity index (χ1v) is 6.62. The Morgan fingerprint density at radius 2 is 2.11 bits per heavy atom. The summed E-state index contributed by atoms with van der Waals surface area (Å²) in [7, 11) is 1.53. The van der Waals surface area contributed by atoms with Crippen LogP contribution >= 0.6 is 11.3 Å². The van der Waals surface area contributed by atoms with Crippen molar-refractivity contribution in [3.8, 4) is 0 Å². The molecule has 0 aliphatic heterocycles. The Bertz CT molecular complexity index is 442. The second-order valence-corrected chi connectivity index (χ2v) is 5.52. The normalized spacial score (nSPS) is 12.5. The van der Waals surface area contributed by atoms with Gasteiger partial charge in [0.2, 0.25) is 0 Å². The van der Waals surface area contributed by atoms with Gasteiger partial charge in [-0.3, -0.25) is 4.79 Å². The number of hydrogen-bond donors (Lipinski definition) is 1. The van der Waals surface area contributed by atoms with E-state index in [4.69, 9.17) is 0 Å². The lowest BCUT2D eigenvalue weighted by molar-refractivity contribution is -0.142. The monoisotopic (exact) mass is 270 g/mol. The second kappa shape index (κ2) is 5.95. The molecule has 0 spiro atoms. The molecule has 5 nitrogen and oxygen atoms in total.